The maximum atomic E-state index is 10.2. The Hall–Kier alpha value is -1.02. The summed E-state index contributed by atoms with van der Waals surface area (Å²) >= 11 is 0. The molecule has 0 saturated heterocycles. The van der Waals surface area contributed by atoms with Crippen LogP contribution in [0.1, 0.15) is 64.0 Å². The van der Waals surface area contributed by atoms with Crippen LogP contribution in [0, 0.1) is 0 Å². The Kier molecular flexibility index (Phi) is 4.28. The molecule has 2 rings (SSSR count). The zero-order valence-corrected chi connectivity index (χ0v) is 11.5. The largest absolute Gasteiger partial charge is 0.487 e. The predicted molar refractivity (Wildman–Crippen MR) is 73.8 cm³/mol. The molecule has 1 aliphatic heterocycles. The number of para-hydroxylation sites is 1. The lowest BCUT2D eigenvalue weighted by Crippen LogP contribution is -2.38. The second-order valence-electron chi connectivity index (χ2n) is 5.62. The maximum Gasteiger partial charge on any atom is 0.125 e. The fraction of sp³-hybridized carbons (Fsp3) is 0.625. The molecule has 0 bridgehead atoms. The van der Waals surface area contributed by atoms with E-state index in [0.29, 0.717) is 6.42 Å². The van der Waals surface area contributed by atoms with Gasteiger partial charge >= 0.3 is 0 Å². The van der Waals surface area contributed by atoms with E-state index in [0.717, 1.165) is 17.7 Å². The molecule has 1 aromatic rings. The fourth-order valence-electron chi connectivity index (χ4n) is 2.75. The first-order valence-corrected chi connectivity index (χ1v) is 7.10. The number of aliphatic hydroxyl groups is 1. The molecule has 0 saturated carbocycles. The van der Waals surface area contributed by atoms with Gasteiger partial charge in [-0.05, 0) is 25.8 Å². The third-order valence-electron chi connectivity index (χ3n) is 3.82. The van der Waals surface area contributed by atoms with Crippen LogP contribution in [0.2, 0.25) is 0 Å². The van der Waals surface area contributed by atoms with Crippen molar-refractivity contribution in [3.8, 4) is 5.75 Å². The van der Waals surface area contributed by atoms with Gasteiger partial charge in [0.25, 0.3) is 0 Å². The van der Waals surface area contributed by atoms with Crippen LogP contribution in [-0.2, 0) is 0 Å². The first-order valence-electron chi connectivity index (χ1n) is 7.10. The topological polar surface area (TPSA) is 29.5 Å². The molecule has 100 valence electrons. The van der Waals surface area contributed by atoms with Gasteiger partial charge in [-0.2, -0.15) is 0 Å². The van der Waals surface area contributed by atoms with Crippen molar-refractivity contribution >= 4 is 0 Å². The predicted octanol–water partition coefficient (Wildman–Crippen LogP) is 4.23. The average Bonchev–Trinajstić information content (AvgIpc) is 2.35. The summed E-state index contributed by atoms with van der Waals surface area (Å²) in [6, 6.07) is 7.84. The molecule has 0 radical (unpaired) electrons. The van der Waals surface area contributed by atoms with Gasteiger partial charge in [0.05, 0.1) is 6.10 Å². The van der Waals surface area contributed by atoms with Crippen LogP contribution < -0.4 is 4.74 Å². The normalized spacial score (nSPS) is 26.5. The molecule has 2 atom stereocenters. The lowest BCUT2D eigenvalue weighted by atomic mass is 9.86. The third kappa shape index (κ3) is 3.05. The summed E-state index contributed by atoms with van der Waals surface area (Å²) in [4.78, 5) is 0. The standard InChI is InChI=1S/C16H24O2/c1-3-4-5-8-11-16(2)12-14(17)13-9-6-7-10-15(13)18-16/h6-7,9-10,14,17H,3-5,8,11-12H2,1-2H3/t14-,16?/m0/s1. The van der Waals surface area contributed by atoms with Crippen LogP contribution in [0.15, 0.2) is 24.3 Å². The Morgan fingerprint density at radius 2 is 2.06 bits per heavy atom. The van der Waals surface area contributed by atoms with E-state index in [1.54, 1.807) is 0 Å². The summed E-state index contributed by atoms with van der Waals surface area (Å²) in [6.45, 7) is 4.34. The van der Waals surface area contributed by atoms with Gasteiger partial charge in [-0.1, -0.05) is 44.4 Å². The lowest BCUT2D eigenvalue weighted by Gasteiger charge is -2.38. The smallest absolute Gasteiger partial charge is 0.125 e. The van der Waals surface area contributed by atoms with Crippen molar-refractivity contribution in [2.45, 2.75) is 64.1 Å². The minimum absolute atomic E-state index is 0.207. The van der Waals surface area contributed by atoms with E-state index in [1.807, 2.05) is 24.3 Å². The van der Waals surface area contributed by atoms with Crippen LogP contribution in [0.25, 0.3) is 0 Å². The minimum atomic E-state index is -0.383. The van der Waals surface area contributed by atoms with Crippen molar-refractivity contribution in [3.63, 3.8) is 0 Å². The van der Waals surface area contributed by atoms with Gasteiger partial charge < -0.3 is 9.84 Å². The lowest BCUT2D eigenvalue weighted by molar-refractivity contribution is -0.00847. The van der Waals surface area contributed by atoms with Crippen molar-refractivity contribution in [1.82, 2.24) is 0 Å². The van der Waals surface area contributed by atoms with Crippen molar-refractivity contribution < 1.29 is 9.84 Å². The minimum Gasteiger partial charge on any atom is -0.487 e. The number of benzene rings is 1. The highest BCUT2D eigenvalue weighted by Gasteiger charge is 2.35. The number of fused-ring (bicyclic) bond motifs is 1. The number of ether oxygens (including phenoxy) is 1. The van der Waals surface area contributed by atoms with Crippen molar-refractivity contribution in [3.05, 3.63) is 29.8 Å². The molecule has 2 heteroatoms. The second-order valence-corrected chi connectivity index (χ2v) is 5.62. The Labute approximate surface area is 110 Å². The second kappa shape index (κ2) is 5.75. The van der Waals surface area contributed by atoms with Crippen LogP contribution in [0.4, 0.5) is 0 Å². The molecule has 0 fully saturated rings. The van der Waals surface area contributed by atoms with Crippen molar-refractivity contribution in [1.29, 1.82) is 0 Å². The Morgan fingerprint density at radius 3 is 2.83 bits per heavy atom. The SMILES string of the molecule is CCCCCCC1(C)C[C@H](O)c2ccccc2O1. The molecular weight excluding hydrogens is 224 g/mol. The molecule has 1 unspecified atom stereocenters. The summed E-state index contributed by atoms with van der Waals surface area (Å²) in [5.74, 6) is 0.856. The molecule has 0 aliphatic carbocycles. The average molecular weight is 248 g/mol. The quantitative estimate of drug-likeness (QED) is 0.790. The number of aliphatic hydroxyl groups excluding tert-OH is 1. The van der Waals surface area contributed by atoms with Crippen molar-refractivity contribution in [2.24, 2.45) is 0 Å². The maximum absolute atomic E-state index is 10.2. The monoisotopic (exact) mass is 248 g/mol. The van der Waals surface area contributed by atoms with Crippen LogP contribution >= 0.6 is 0 Å². The Balaban J connectivity index is 2.00. The summed E-state index contributed by atoms with van der Waals surface area (Å²) in [5.41, 5.74) is 0.727. The molecule has 1 N–H and O–H groups in total. The summed E-state index contributed by atoms with van der Waals surface area (Å²) in [7, 11) is 0. The highest BCUT2D eigenvalue weighted by molar-refractivity contribution is 5.37. The van der Waals surface area contributed by atoms with Gasteiger partial charge in [0.2, 0.25) is 0 Å². The molecule has 1 aliphatic rings. The van der Waals surface area contributed by atoms with E-state index in [1.165, 1.54) is 25.7 Å². The fourth-order valence-corrected chi connectivity index (χ4v) is 2.75. The molecule has 0 amide bonds. The molecule has 2 nitrogen and oxygen atoms in total. The Bertz CT molecular complexity index is 388. The van der Waals surface area contributed by atoms with E-state index < -0.39 is 0 Å². The first kappa shape index (κ1) is 13.4. The molecular formula is C16H24O2. The van der Waals surface area contributed by atoms with Crippen LogP contribution in [-0.4, -0.2) is 10.7 Å². The van der Waals surface area contributed by atoms with E-state index in [4.69, 9.17) is 4.74 Å². The number of unbranched alkanes of at least 4 members (excludes halogenated alkanes) is 3. The van der Waals surface area contributed by atoms with Gasteiger partial charge in [0, 0.05) is 12.0 Å². The van der Waals surface area contributed by atoms with Gasteiger partial charge in [-0.25, -0.2) is 0 Å². The van der Waals surface area contributed by atoms with Gasteiger partial charge in [0.1, 0.15) is 11.4 Å². The van der Waals surface area contributed by atoms with E-state index in [2.05, 4.69) is 13.8 Å². The summed E-state index contributed by atoms with van der Waals surface area (Å²) in [5, 5.41) is 10.2. The molecule has 18 heavy (non-hydrogen) atoms. The molecule has 0 aromatic heterocycles. The van der Waals surface area contributed by atoms with Gasteiger partial charge in [-0.15, -0.1) is 0 Å². The number of rotatable bonds is 5. The van der Waals surface area contributed by atoms with Crippen molar-refractivity contribution in [2.75, 3.05) is 0 Å². The van der Waals surface area contributed by atoms with E-state index in [9.17, 15) is 5.11 Å². The number of hydrogen-bond donors (Lipinski definition) is 1. The van der Waals surface area contributed by atoms with Crippen LogP contribution in [0.3, 0.4) is 0 Å². The van der Waals surface area contributed by atoms with E-state index in [-0.39, 0.29) is 11.7 Å². The van der Waals surface area contributed by atoms with E-state index >= 15 is 0 Å². The Morgan fingerprint density at radius 1 is 1.28 bits per heavy atom. The summed E-state index contributed by atoms with van der Waals surface area (Å²) < 4.78 is 6.11. The highest BCUT2D eigenvalue weighted by atomic mass is 16.5. The highest BCUT2D eigenvalue weighted by Crippen LogP contribution is 2.41. The first-order chi connectivity index (χ1) is 8.64. The van der Waals surface area contributed by atoms with Gasteiger partial charge in [-0.3, -0.25) is 0 Å². The third-order valence-corrected chi connectivity index (χ3v) is 3.82. The molecule has 1 heterocycles. The summed E-state index contributed by atoms with van der Waals surface area (Å²) in [6.07, 6.45) is 6.32. The molecule has 0 spiro atoms. The zero-order valence-electron chi connectivity index (χ0n) is 11.5. The van der Waals surface area contributed by atoms with Gasteiger partial charge in [0.15, 0.2) is 0 Å². The number of hydrogen-bond acceptors (Lipinski definition) is 2. The van der Waals surface area contributed by atoms with Crippen LogP contribution in [0.5, 0.6) is 5.75 Å². The zero-order chi connectivity index (χ0) is 13.0. The molecule has 1 aromatic carbocycles.